The molecule has 2 aromatic rings. The van der Waals surface area contributed by atoms with Crippen molar-refractivity contribution in [2.75, 3.05) is 32.0 Å². The summed E-state index contributed by atoms with van der Waals surface area (Å²) in [5.41, 5.74) is 11.1. The molecule has 2 fully saturated rings. The predicted octanol–water partition coefficient (Wildman–Crippen LogP) is 0.643. The van der Waals surface area contributed by atoms with Crippen LogP contribution in [0.5, 0.6) is 0 Å². The number of rotatable bonds is 4. The van der Waals surface area contributed by atoms with Gasteiger partial charge in [0.2, 0.25) is 5.91 Å². The van der Waals surface area contributed by atoms with Gasteiger partial charge in [-0.05, 0) is 32.7 Å². The number of piperidine rings is 1. The molecule has 5 N–H and O–H groups in total. The zero-order valence-corrected chi connectivity index (χ0v) is 18.0. The number of carbonyl (C=O) groups excluding carboxylic acids is 1. The summed E-state index contributed by atoms with van der Waals surface area (Å²) in [7, 11) is 0. The number of likely N-dealkylation sites (tertiary alicyclic amines) is 1. The Labute approximate surface area is 181 Å². The van der Waals surface area contributed by atoms with Crippen molar-refractivity contribution in [3.05, 3.63) is 12.7 Å². The van der Waals surface area contributed by atoms with Crippen molar-refractivity contribution in [1.82, 2.24) is 24.4 Å². The van der Waals surface area contributed by atoms with Crippen molar-refractivity contribution in [2.45, 2.75) is 56.3 Å². The second-order valence-electron chi connectivity index (χ2n) is 8.40. The van der Waals surface area contributed by atoms with Crippen molar-refractivity contribution in [3.8, 4) is 0 Å². The molecule has 2 aliphatic heterocycles. The van der Waals surface area contributed by atoms with E-state index in [1.165, 1.54) is 6.33 Å². The molecule has 1 spiro atoms. The molecular weight excluding hydrogens is 410 g/mol. The van der Waals surface area contributed by atoms with E-state index in [2.05, 4.69) is 15.0 Å². The van der Waals surface area contributed by atoms with Crippen LogP contribution in [0.1, 0.15) is 45.1 Å². The van der Waals surface area contributed by atoms with Crippen LogP contribution in [0.4, 0.5) is 5.82 Å². The lowest BCUT2D eigenvalue weighted by molar-refractivity contribution is -0.201. The minimum Gasteiger partial charge on any atom is -0.386 e. The predicted molar refractivity (Wildman–Crippen MR) is 114 cm³/mol. The SMILES string of the molecule is C[C@]1(O)COC2(CCN(C(=O)CCCN)CC2)C[C@@H]1n1cnc2c(N)ncnc21.Cl. The van der Waals surface area contributed by atoms with Gasteiger partial charge in [0, 0.05) is 25.9 Å². The fourth-order valence-corrected chi connectivity index (χ4v) is 4.45. The highest BCUT2D eigenvalue weighted by Gasteiger charge is 2.49. The molecule has 2 aliphatic rings. The molecule has 4 rings (SSSR count). The van der Waals surface area contributed by atoms with Gasteiger partial charge in [0.1, 0.15) is 17.4 Å². The molecule has 2 aromatic heterocycles. The summed E-state index contributed by atoms with van der Waals surface area (Å²) in [6.45, 7) is 3.80. The number of hydrogen-bond acceptors (Lipinski definition) is 8. The number of hydrogen-bond donors (Lipinski definition) is 3. The summed E-state index contributed by atoms with van der Waals surface area (Å²) in [5, 5.41) is 11.1. The number of anilines is 1. The van der Waals surface area contributed by atoms with E-state index in [0.717, 1.165) is 12.8 Å². The first-order chi connectivity index (χ1) is 13.9. The maximum Gasteiger partial charge on any atom is 0.222 e. The number of imidazole rings is 1. The van der Waals surface area contributed by atoms with E-state index in [0.29, 0.717) is 55.9 Å². The number of halogens is 1. The van der Waals surface area contributed by atoms with E-state index in [4.69, 9.17) is 16.2 Å². The average Bonchev–Trinajstić information content (AvgIpc) is 3.14. The summed E-state index contributed by atoms with van der Waals surface area (Å²) < 4.78 is 8.08. The van der Waals surface area contributed by atoms with E-state index in [-0.39, 0.29) is 36.6 Å². The number of ether oxygens (including phenoxy) is 1. The lowest BCUT2D eigenvalue weighted by atomic mass is 9.77. The lowest BCUT2D eigenvalue weighted by Gasteiger charge is -2.51. The molecule has 4 heterocycles. The van der Waals surface area contributed by atoms with E-state index in [9.17, 15) is 9.90 Å². The van der Waals surface area contributed by atoms with Crippen LogP contribution >= 0.6 is 12.4 Å². The highest BCUT2D eigenvalue weighted by atomic mass is 35.5. The van der Waals surface area contributed by atoms with Gasteiger partial charge in [0.15, 0.2) is 11.5 Å². The fraction of sp³-hybridized carbons (Fsp3) is 0.684. The first kappa shape index (κ1) is 22.7. The molecular formula is C19H30ClN7O3. The van der Waals surface area contributed by atoms with Gasteiger partial charge in [0.25, 0.3) is 0 Å². The molecule has 0 bridgehead atoms. The van der Waals surface area contributed by atoms with Crippen LogP contribution in [0.25, 0.3) is 11.2 Å². The third-order valence-corrected chi connectivity index (χ3v) is 6.30. The second-order valence-corrected chi connectivity index (χ2v) is 8.40. The topological polar surface area (TPSA) is 145 Å². The summed E-state index contributed by atoms with van der Waals surface area (Å²) in [6.07, 6.45) is 6.35. The number of nitrogen functional groups attached to an aromatic ring is 1. The molecule has 30 heavy (non-hydrogen) atoms. The van der Waals surface area contributed by atoms with Crippen molar-refractivity contribution in [2.24, 2.45) is 5.73 Å². The molecule has 2 atom stereocenters. The van der Waals surface area contributed by atoms with Crippen LogP contribution in [0.3, 0.4) is 0 Å². The minimum atomic E-state index is -1.08. The maximum atomic E-state index is 12.3. The van der Waals surface area contributed by atoms with Crippen LogP contribution in [0.15, 0.2) is 12.7 Å². The van der Waals surface area contributed by atoms with E-state index < -0.39 is 5.60 Å². The zero-order valence-electron chi connectivity index (χ0n) is 17.2. The lowest BCUT2D eigenvalue weighted by Crippen LogP contribution is -2.57. The number of aromatic nitrogens is 4. The van der Waals surface area contributed by atoms with Crippen LogP contribution in [-0.2, 0) is 9.53 Å². The minimum absolute atomic E-state index is 0. The summed E-state index contributed by atoms with van der Waals surface area (Å²) in [6, 6.07) is -0.268. The molecule has 1 amide bonds. The highest BCUT2D eigenvalue weighted by Crippen LogP contribution is 2.44. The smallest absolute Gasteiger partial charge is 0.222 e. The fourth-order valence-electron chi connectivity index (χ4n) is 4.45. The Balaban J connectivity index is 0.00000256. The molecule has 0 radical (unpaired) electrons. The van der Waals surface area contributed by atoms with Gasteiger partial charge in [0.05, 0.1) is 24.6 Å². The first-order valence-electron chi connectivity index (χ1n) is 10.1. The van der Waals surface area contributed by atoms with E-state index in [1.807, 2.05) is 9.47 Å². The second kappa shape index (κ2) is 8.62. The largest absolute Gasteiger partial charge is 0.386 e. The highest BCUT2D eigenvalue weighted by molar-refractivity contribution is 5.85. The molecule has 166 valence electrons. The normalized spacial score (nSPS) is 26.0. The number of nitrogens with two attached hydrogens (primary N) is 2. The van der Waals surface area contributed by atoms with Gasteiger partial charge in [-0.1, -0.05) is 0 Å². The van der Waals surface area contributed by atoms with E-state index in [1.54, 1.807) is 13.3 Å². The van der Waals surface area contributed by atoms with Crippen LogP contribution in [0, 0.1) is 0 Å². The molecule has 0 aliphatic carbocycles. The van der Waals surface area contributed by atoms with Gasteiger partial charge in [-0.2, -0.15) is 0 Å². The zero-order chi connectivity index (χ0) is 20.6. The van der Waals surface area contributed by atoms with Gasteiger partial charge in [-0.3, -0.25) is 4.79 Å². The maximum absolute atomic E-state index is 12.3. The average molecular weight is 440 g/mol. The monoisotopic (exact) mass is 439 g/mol. The molecule has 11 heteroatoms. The van der Waals surface area contributed by atoms with Gasteiger partial charge >= 0.3 is 0 Å². The number of fused-ring (bicyclic) bond motifs is 1. The molecule has 0 unspecified atom stereocenters. The van der Waals surface area contributed by atoms with Crippen molar-refractivity contribution >= 4 is 35.3 Å². The summed E-state index contributed by atoms with van der Waals surface area (Å²) >= 11 is 0. The van der Waals surface area contributed by atoms with Crippen molar-refractivity contribution < 1.29 is 14.6 Å². The summed E-state index contributed by atoms with van der Waals surface area (Å²) in [5.74, 6) is 0.469. The number of nitrogens with zero attached hydrogens (tertiary/aromatic N) is 5. The van der Waals surface area contributed by atoms with E-state index >= 15 is 0 Å². The molecule has 10 nitrogen and oxygen atoms in total. The van der Waals surface area contributed by atoms with Crippen molar-refractivity contribution in [1.29, 1.82) is 0 Å². The Morgan fingerprint density at radius 2 is 2.07 bits per heavy atom. The van der Waals surface area contributed by atoms with Gasteiger partial charge in [-0.25, -0.2) is 15.0 Å². The van der Waals surface area contributed by atoms with Crippen LogP contribution < -0.4 is 11.5 Å². The van der Waals surface area contributed by atoms with Gasteiger partial charge < -0.3 is 30.8 Å². The molecule has 0 saturated carbocycles. The quantitative estimate of drug-likeness (QED) is 0.629. The number of carbonyl (C=O) groups is 1. The Bertz CT molecular complexity index is 895. The Morgan fingerprint density at radius 3 is 2.77 bits per heavy atom. The number of aliphatic hydroxyl groups is 1. The first-order valence-corrected chi connectivity index (χ1v) is 10.1. The standard InChI is InChI=1S/C19H29N7O3.ClH/c1-18(28)10-29-19(4-7-25(8-5-19)14(27)3-2-6-20)9-13(18)26-12-24-15-16(21)22-11-23-17(15)26;/h11-13,28H,2-10,20H2,1H3,(H2,21,22,23);1H/t13-,18-;/m0./s1. The Morgan fingerprint density at radius 1 is 1.33 bits per heavy atom. The van der Waals surface area contributed by atoms with Crippen LogP contribution in [-0.4, -0.2) is 72.9 Å². The molecule has 0 aromatic carbocycles. The van der Waals surface area contributed by atoms with Crippen LogP contribution in [0.2, 0.25) is 0 Å². The third kappa shape index (κ3) is 4.09. The Kier molecular flexibility index (Phi) is 6.51. The third-order valence-electron chi connectivity index (χ3n) is 6.30. The molecule has 2 saturated heterocycles. The summed E-state index contributed by atoms with van der Waals surface area (Å²) in [4.78, 5) is 26.9. The van der Waals surface area contributed by atoms with Gasteiger partial charge in [-0.15, -0.1) is 12.4 Å². The van der Waals surface area contributed by atoms with Crippen molar-refractivity contribution in [3.63, 3.8) is 0 Å². The Hall–Kier alpha value is -2.01. The number of amides is 1.